The first-order chi connectivity index (χ1) is 11.9. The maximum Gasteiger partial charge on any atom is 0.417 e. The second-order valence-corrected chi connectivity index (χ2v) is 9.10. The Bertz CT molecular complexity index is 892. The Morgan fingerprint density at radius 1 is 1.04 bits per heavy atom. The van der Waals surface area contributed by atoms with Gasteiger partial charge in [0.05, 0.1) is 10.5 Å². The summed E-state index contributed by atoms with van der Waals surface area (Å²) >= 11 is 2.83. The zero-order chi connectivity index (χ0) is 19.8. The van der Waals surface area contributed by atoms with Crippen LogP contribution in [0.2, 0.25) is 0 Å². The lowest BCUT2D eigenvalue weighted by Crippen LogP contribution is -2.17. The molecule has 0 amide bonds. The Morgan fingerprint density at radius 3 is 2.12 bits per heavy atom. The van der Waals surface area contributed by atoms with Crippen molar-refractivity contribution in [1.82, 2.24) is 0 Å². The number of anilines is 1. The Hall–Kier alpha value is -1.54. The normalized spacial score (nSPS) is 12.9. The van der Waals surface area contributed by atoms with Crippen LogP contribution in [0.3, 0.4) is 0 Å². The number of hydrogen-bond donors (Lipinski definition) is 1. The number of alkyl halides is 3. The van der Waals surface area contributed by atoms with Gasteiger partial charge in [-0.15, -0.1) is 0 Å². The molecular weight excluding hydrogens is 431 g/mol. The number of halogens is 4. The molecule has 1 N–H and O–H groups in total. The Kier molecular flexibility index (Phi) is 5.77. The van der Waals surface area contributed by atoms with Gasteiger partial charge >= 0.3 is 6.18 Å². The van der Waals surface area contributed by atoms with E-state index in [1.54, 1.807) is 12.1 Å². The third-order valence-electron chi connectivity index (χ3n) is 4.35. The van der Waals surface area contributed by atoms with Crippen molar-refractivity contribution in [2.24, 2.45) is 0 Å². The van der Waals surface area contributed by atoms with E-state index < -0.39 is 21.8 Å². The quantitative estimate of drug-likeness (QED) is 0.612. The number of hydrogen-bond acceptors (Lipinski definition) is 2. The van der Waals surface area contributed by atoms with E-state index in [1.165, 1.54) is 18.2 Å². The van der Waals surface area contributed by atoms with E-state index in [-0.39, 0.29) is 20.5 Å². The van der Waals surface area contributed by atoms with Gasteiger partial charge in [0.25, 0.3) is 10.0 Å². The summed E-state index contributed by atoms with van der Waals surface area (Å²) in [6.07, 6.45) is -3.70. The average molecular weight is 450 g/mol. The molecule has 0 aliphatic rings. The SMILES string of the molecule is CCC(C)(C)c1ccc(S(=O)(=O)Nc2ccc(Br)c(C(F)(F)F)c2)cc1. The standard InChI is InChI=1S/C18H19BrF3NO2S/c1-4-17(2,3)12-5-8-14(9-6-12)26(24,25)23-13-7-10-16(19)15(11-13)18(20,21)22/h5-11,23H,4H2,1-3H3. The zero-order valence-electron chi connectivity index (χ0n) is 14.5. The molecule has 0 atom stereocenters. The van der Waals surface area contributed by atoms with Crippen molar-refractivity contribution in [3.8, 4) is 0 Å². The second kappa shape index (κ2) is 7.23. The maximum absolute atomic E-state index is 13.0. The van der Waals surface area contributed by atoms with Crippen LogP contribution in [0.15, 0.2) is 51.8 Å². The molecule has 0 bridgehead atoms. The number of benzene rings is 2. The van der Waals surface area contributed by atoms with E-state index in [1.807, 2.05) is 6.92 Å². The van der Waals surface area contributed by atoms with E-state index in [9.17, 15) is 21.6 Å². The van der Waals surface area contributed by atoms with Crippen LogP contribution in [0.1, 0.15) is 38.3 Å². The summed E-state index contributed by atoms with van der Waals surface area (Å²) in [5, 5.41) is 0. The van der Waals surface area contributed by atoms with Crippen LogP contribution in [-0.2, 0) is 21.6 Å². The fourth-order valence-electron chi connectivity index (χ4n) is 2.31. The molecule has 26 heavy (non-hydrogen) atoms. The van der Waals surface area contributed by atoms with Crippen LogP contribution in [0, 0.1) is 0 Å². The summed E-state index contributed by atoms with van der Waals surface area (Å²) in [4.78, 5) is -0.00960. The highest BCUT2D eigenvalue weighted by molar-refractivity contribution is 9.10. The van der Waals surface area contributed by atoms with Gasteiger partial charge in [-0.1, -0.05) is 48.8 Å². The number of rotatable bonds is 5. The van der Waals surface area contributed by atoms with E-state index in [4.69, 9.17) is 0 Å². The predicted molar refractivity (Wildman–Crippen MR) is 99.7 cm³/mol. The van der Waals surface area contributed by atoms with Crippen molar-refractivity contribution in [3.05, 3.63) is 58.1 Å². The first-order valence-electron chi connectivity index (χ1n) is 7.87. The van der Waals surface area contributed by atoms with Gasteiger partial charge in [0.2, 0.25) is 0 Å². The summed E-state index contributed by atoms with van der Waals surface area (Å²) in [7, 11) is -3.99. The first-order valence-corrected chi connectivity index (χ1v) is 10.1. The third-order valence-corrected chi connectivity index (χ3v) is 6.44. The van der Waals surface area contributed by atoms with Crippen molar-refractivity contribution < 1.29 is 21.6 Å². The van der Waals surface area contributed by atoms with E-state index in [0.717, 1.165) is 24.1 Å². The highest BCUT2D eigenvalue weighted by Crippen LogP contribution is 2.36. The molecule has 8 heteroatoms. The van der Waals surface area contributed by atoms with Gasteiger partial charge in [-0.3, -0.25) is 4.72 Å². The Balaban J connectivity index is 2.32. The smallest absolute Gasteiger partial charge is 0.280 e. The monoisotopic (exact) mass is 449 g/mol. The van der Waals surface area contributed by atoms with Crippen LogP contribution >= 0.6 is 15.9 Å². The number of sulfonamides is 1. The summed E-state index contributed by atoms with van der Waals surface area (Å²) < 4.78 is 65.9. The molecular formula is C18H19BrF3NO2S. The zero-order valence-corrected chi connectivity index (χ0v) is 16.9. The van der Waals surface area contributed by atoms with E-state index in [2.05, 4.69) is 34.5 Å². The van der Waals surface area contributed by atoms with Crippen molar-refractivity contribution >= 4 is 31.6 Å². The molecule has 2 rings (SSSR count). The van der Waals surface area contributed by atoms with Gasteiger partial charge in [0.15, 0.2) is 0 Å². The molecule has 0 spiro atoms. The van der Waals surface area contributed by atoms with Gasteiger partial charge in [-0.2, -0.15) is 13.2 Å². The van der Waals surface area contributed by atoms with Crippen LogP contribution < -0.4 is 4.72 Å². The molecule has 0 aliphatic heterocycles. The van der Waals surface area contributed by atoms with Gasteiger partial charge in [0.1, 0.15) is 0 Å². The lowest BCUT2D eigenvalue weighted by Gasteiger charge is -2.23. The lowest BCUT2D eigenvalue weighted by molar-refractivity contribution is -0.138. The van der Waals surface area contributed by atoms with E-state index in [0.29, 0.717) is 0 Å². The number of nitrogens with one attached hydrogen (secondary N) is 1. The average Bonchev–Trinajstić information content (AvgIpc) is 2.55. The van der Waals surface area contributed by atoms with Gasteiger partial charge in [-0.25, -0.2) is 8.42 Å². The van der Waals surface area contributed by atoms with Gasteiger partial charge in [-0.05, 0) is 47.7 Å². The van der Waals surface area contributed by atoms with Crippen LogP contribution in [-0.4, -0.2) is 8.42 Å². The summed E-state index contributed by atoms with van der Waals surface area (Å²) in [5.41, 5.74) is -0.207. The summed E-state index contributed by atoms with van der Waals surface area (Å²) in [6.45, 7) is 6.14. The molecule has 142 valence electrons. The Labute approximate surface area is 159 Å². The fraction of sp³-hybridized carbons (Fsp3) is 0.333. The molecule has 2 aromatic carbocycles. The van der Waals surface area contributed by atoms with E-state index >= 15 is 0 Å². The van der Waals surface area contributed by atoms with Gasteiger partial charge < -0.3 is 0 Å². The minimum Gasteiger partial charge on any atom is -0.280 e. The molecule has 0 saturated carbocycles. The topological polar surface area (TPSA) is 46.2 Å². The summed E-state index contributed by atoms with van der Waals surface area (Å²) in [6, 6.07) is 9.55. The minimum absolute atomic E-state index is 0.00960. The van der Waals surface area contributed by atoms with Crippen molar-refractivity contribution in [3.63, 3.8) is 0 Å². The highest BCUT2D eigenvalue weighted by Gasteiger charge is 2.33. The summed E-state index contributed by atoms with van der Waals surface area (Å²) in [5.74, 6) is 0. The molecule has 3 nitrogen and oxygen atoms in total. The maximum atomic E-state index is 13.0. The molecule has 0 aliphatic carbocycles. The second-order valence-electron chi connectivity index (χ2n) is 6.56. The minimum atomic E-state index is -4.59. The van der Waals surface area contributed by atoms with Gasteiger partial charge in [0, 0.05) is 10.2 Å². The molecule has 2 aromatic rings. The molecule has 0 fully saturated rings. The lowest BCUT2D eigenvalue weighted by atomic mass is 9.82. The highest BCUT2D eigenvalue weighted by atomic mass is 79.9. The van der Waals surface area contributed by atoms with Crippen LogP contribution in [0.25, 0.3) is 0 Å². The van der Waals surface area contributed by atoms with Crippen molar-refractivity contribution in [1.29, 1.82) is 0 Å². The molecule has 0 radical (unpaired) electrons. The molecule has 0 unspecified atom stereocenters. The van der Waals surface area contributed by atoms with Crippen LogP contribution in [0.5, 0.6) is 0 Å². The van der Waals surface area contributed by atoms with Crippen LogP contribution in [0.4, 0.5) is 18.9 Å². The molecule has 0 saturated heterocycles. The molecule has 0 heterocycles. The molecule has 0 aromatic heterocycles. The largest absolute Gasteiger partial charge is 0.417 e. The predicted octanol–water partition coefficient (Wildman–Crippen LogP) is 5.96. The first kappa shape index (κ1) is 20.8. The van der Waals surface area contributed by atoms with Crippen molar-refractivity contribution in [2.45, 2.75) is 43.7 Å². The third kappa shape index (κ3) is 4.59. The fourth-order valence-corrected chi connectivity index (χ4v) is 3.83. The Morgan fingerprint density at radius 2 is 1.62 bits per heavy atom. The van der Waals surface area contributed by atoms with Crippen molar-refractivity contribution in [2.75, 3.05) is 4.72 Å².